The maximum Gasteiger partial charge on any atom is 0.313 e. The van der Waals surface area contributed by atoms with Gasteiger partial charge in [-0.2, -0.15) is 0 Å². The highest BCUT2D eigenvalue weighted by molar-refractivity contribution is 6.39. The lowest BCUT2D eigenvalue weighted by atomic mass is 10.0. The molecule has 0 spiro atoms. The molecule has 8 heteroatoms. The lowest BCUT2D eigenvalue weighted by molar-refractivity contribution is -0.136. The number of amides is 2. The molecule has 2 atom stereocenters. The van der Waals surface area contributed by atoms with E-state index in [0.29, 0.717) is 12.4 Å². The summed E-state index contributed by atoms with van der Waals surface area (Å²) in [6.45, 7) is 4.11. The molecule has 0 aromatic heterocycles. The summed E-state index contributed by atoms with van der Waals surface area (Å²) in [6, 6.07) is 11.1. The summed E-state index contributed by atoms with van der Waals surface area (Å²) in [4.78, 5) is 24.7. The average molecular weight is 403 g/mol. The monoisotopic (exact) mass is 402 g/mol. The fourth-order valence-corrected chi connectivity index (χ4v) is 3.41. The van der Waals surface area contributed by atoms with Crippen molar-refractivity contribution < 1.29 is 14.0 Å². The number of anilines is 1. The third kappa shape index (κ3) is 4.43. The minimum absolute atomic E-state index is 0.00225. The molecule has 0 saturated heterocycles. The second-order valence-electron chi connectivity index (χ2n) is 6.60. The van der Waals surface area contributed by atoms with Gasteiger partial charge in [0.25, 0.3) is 0 Å². The summed E-state index contributed by atoms with van der Waals surface area (Å²) in [7, 11) is 0. The number of nitrogens with two attached hydrogens (primary N) is 1. The molecule has 0 radical (unpaired) electrons. The van der Waals surface area contributed by atoms with Crippen molar-refractivity contribution in [2.24, 2.45) is 11.7 Å². The van der Waals surface area contributed by atoms with Crippen LogP contribution < -0.4 is 21.7 Å². The van der Waals surface area contributed by atoms with E-state index in [1.54, 1.807) is 0 Å². The zero-order valence-corrected chi connectivity index (χ0v) is 15.7. The Balaban J connectivity index is 1.71. The molecule has 0 saturated carbocycles. The van der Waals surface area contributed by atoms with Gasteiger partial charge in [0.05, 0.1) is 16.9 Å². The van der Waals surface area contributed by atoms with Crippen LogP contribution in [0.25, 0.3) is 0 Å². The predicted molar refractivity (Wildman–Crippen MR) is 106 cm³/mol. The van der Waals surface area contributed by atoms with Gasteiger partial charge in [0, 0.05) is 18.2 Å². The van der Waals surface area contributed by atoms with Gasteiger partial charge >= 0.3 is 11.8 Å². The Morgan fingerprint density at radius 3 is 2.68 bits per heavy atom. The fourth-order valence-electron chi connectivity index (χ4n) is 3.29. The van der Waals surface area contributed by atoms with Gasteiger partial charge in [0.2, 0.25) is 0 Å². The minimum atomic E-state index is -0.888. The summed E-state index contributed by atoms with van der Waals surface area (Å²) in [5, 5.41) is 8.06. The number of carbonyl (C=O) groups excluding carboxylic acids is 2. The molecule has 0 fully saturated rings. The Hall–Kier alpha value is -3.06. The van der Waals surface area contributed by atoms with Gasteiger partial charge in [-0.1, -0.05) is 42.4 Å². The predicted octanol–water partition coefficient (Wildman–Crippen LogP) is 2.47. The second kappa shape index (κ2) is 8.31. The van der Waals surface area contributed by atoms with Gasteiger partial charge in [0.1, 0.15) is 5.82 Å². The minimum Gasteiger partial charge on any atom is -0.386 e. The summed E-state index contributed by atoms with van der Waals surface area (Å²) < 4.78 is 13.5. The summed E-state index contributed by atoms with van der Waals surface area (Å²) in [6.07, 6.45) is 0.728. The highest BCUT2D eigenvalue weighted by atomic mass is 35.5. The Labute approximate surface area is 166 Å². The normalized spacial score (nSPS) is 17.5. The first-order chi connectivity index (χ1) is 13.3. The fraction of sp³-hybridized carbons (Fsp3) is 0.200. The van der Waals surface area contributed by atoms with E-state index in [-0.39, 0.29) is 22.7 Å². The van der Waals surface area contributed by atoms with Crippen molar-refractivity contribution in [1.82, 2.24) is 10.6 Å². The molecule has 0 heterocycles. The van der Waals surface area contributed by atoms with E-state index in [4.69, 9.17) is 17.3 Å². The molecule has 0 aliphatic heterocycles. The number of benzene rings is 2. The lowest BCUT2D eigenvalue weighted by Gasteiger charge is -2.22. The van der Waals surface area contributed by atoms with Crippen LogP contribution in [0, 0.1) is 11.7 Å². The molecule has 0 bridgehead atoms. The van der Waals surface area contributed by atoms with E-state index in [2.05, 4.69) is 22.5 Å². The number of carbonyl (C=O) groups is 2. The number of nitrogens with one attached hydrogen (secondary N) is 3. The maximum atomic E-state index is 13.5. The lowest BCUT2D eigenvalue weighted by Crippen LogP contribution is -2.41. The van der Waals surface area contributed by atoms with E-state index in [0.717, 1.165) is 23.6 Å². The molecule has 3 rings (SSSR count). The molecule has 1 aliphatic rings. The van der Waals surface area contributed by atoms with Crippen molar-refractivity contribution in [3.05, 3.63) is 76.8 Å². The van der Waals surface area contributed by atoms with Crippen LogP contribution in [0.1, 0.15) is 17.2 Å². The standard InChI is InChI=1S/C20H20ClFN4O2/c1-11(23)24-10-13-8-12-4-2-3-5-15(12)18(13)26-20(28)19(27)25-14-6-7-16(21)17(22)9-14/h2-7,9,13,18,24H,1,8,10,23H2,(H,25,27)(H,26,28)/t13-,18-/m1/s1. The van der Waals surface area contributed by atoms with Crippen molar-refractivity contribution in [3.63, 3.8) is 0 Å². The number of hydrogen-bond donors (Lipinski definition) is 4. The largest absolute Gasteiger partial charge is 0.386 e. The Morgan fingerprint density at radius 2 is 1.96 bits per heavy atom. The van der Waals surface area contributed by atoms with Crippen LogP contribution in [0.3, 0.4) is 0 Å². The molecule has 5 N–H and O–H groups in total. The van der Waals surface area contributed by atoms with Crippen LogP contribution in [0.4, 0.5) is 10.1 Å². The second-order valence-corrected chi connectivity index (χ2v) is 7.01. The SMILES string of the molecule is C=C(N)NC[C@H]1Cc2ccccc2[C@@H]1NC(=O)C(=O)Nc1ccc(Cl)c(F)c1. The van der Waals surface area contributed by atoms with Crippen LogP contribution in [-0.4, -0.2) is 18.4 Å². The zero-order chi connectivity index (χ0) is 20.3. The van der Waals surface area contributed by atoms with Crippen molar-refractivity contribution in [2.45, 2.75) is 12.5 Å². The molecule has 0 unspecified atom stereocenters. The molecule has 146 valence electrons. The van der Waals surface area contributed by atoms with E-state index in [1.165, 1.54) is 12.1 Å². The van der Waals surface area contributed by atoms with Gasteiger partial charge < -0.3 is 21.7 Å². The molecule has 6 nitrogen and oxygen atoms in total. The molecule has 28 heavy (non-hydrogen) atoms. The van der Waals surface area contributed by atoms with Crippen LogP contribution in [0.15, 0.2) is 54.9 Å². The van der Waals surface area contributed by atoms with Crippen LogP contribution in [0.2, 0.25) is 5.02 Å². The Bertz CT molecular complexity index is 934. The quantitative estimate of drug-likeness (QED) is 0.578. The summed E-state index contributed by atoms with van der Waals surface area (Å²) in [5.41, 5.74) is 7.78. The van der Waals surface area contributed by atoms with Crippen molar-refractivity contribution in [2.75, 3.05) is 11.9 Å². The van der Waals surface area contributed by atoms with Crippen molar-refractivity contribution >= 4 is 29.1 Å². The molecule has 2 aromatic rings. The van der Waals surface area contributed by atoms with Gasteiger partial charge in [-0.25, -0.2) is 4.39 Å². The molecule has 2 amide bonds. The number of fused-ring (bicyclic) bond motifs is 1. The first kappa shape index (κ1) is 19.7. The summed E-state index contributed by atoms with van der Waals surface area (Å²) in [5.74, 6) is -2.04. The van der Waals surface area contributed by atoms with Gasteiger partial charge in [-0.3, -0.25) is 9.59 Å². The smallest absolute Gasteiger partial charge is 0.313 e. The van der Waals surface area contributed by atoms with E-state index in [9.17, 15) is 14.0 Å². The first-order valence-electron chi connectivity index (χ1n) is 8.68. The zero-order valence-electron chi connectivity index (χ0n) is 15.0. The average Bonchev–Trinajstić information content (AvgIpc) is 3.00. The van der Waals surface area contributed by atoms with E-state index < -0.39 is 17.6 Å². The van der Waals surface area contributed by atoms with E-state index >= 15 is 0 Å². The number of hydrogen-bond acceptors (Lipinski definition) is 4. The van der Waals surface area contributed by atoms with E-state index in [1.807, 2.05) is 24.3 Å². The first-order valence-corrected chi connectivity index (χ1v) is 9.06. The van der Waals surface area contributed by atoms with Gasteiger partial charge in [-0.05, 0) is 35.7 Å². The van der Waals surface area contributed by atoms with Crippen LogP contribution in [0.5, 0.6) is 0 Å². The number of halogens is 2. The topological polar surface area (TPSA) is 96.2 Å². The molecule has 1 aliphatic carbocycles. The van der Waals surface area contributed by atoms with Gasteiger partial charge in [0.15, 0.2) is 0 Å². The molecule has 2 aromatic carbocycles. The number of rotatable bonds is 5. The Kier molecular flexibility index (Phi) is 5.84. The Morgan fingerprint density at radius 1 is 1.21 bits per heavy atom. The third-order valence-electron chi connectivity index (χ3n) is 4.61. The highest BCUT2D eigenvalue weighted by Gasteiger charge is 2.34. The summed E-state index contributed by atoms with van der Waals surface area (Å²) >= 11 is 5.62. The van der Waals surface area contributed by atoms with Crippen molar-refractivity contribution in [1.29, 1.82) is 0 Å². The molecular weight excluding hydrogens is 383 g/mol. The van der Waals surface area contributed by atoms with Crippen LogP contribution >= 0.6 is 11.6 Å². The highest BCUT2D eigenvalue weighted by Crippen LogP contribution is 2.35. The van der Waals surface area contributed by atoms with Gasteiger partial charge in [-0.15, -0.1) is 0 Å². The maximum absolute atomic E-state index is 13.5. The van der Waals surface area contributed by atoms with Crippen LogP contribution in [-0.2, 0) is 16.0 Å². The van der Waals surface area contributed by atoms with Crippen molar-refractivity contribution in [3.8, 4) is 0 Å². The third-order valence-corrected chi connectivity index (χ3v) is 4.91. The molecular formula is C20H20ClFN4O2.